The van der Waals surface area contributed by atoms with Gasteiger partial charge in [0.1, 0.15) is 12.1 Å². The van der Waals surface area contributed by atoms with Crippen LogP contribution in [0.4, 0.5) is 5.82 Å². The van der Waals surface area contributed by atoms with Crippen LogP contribution < -0.4 is 5.32 Å². The van der Waals surface area contributed by atoms with Crippen LogP contribution in [-0.2, 0) is 6.54 Å². The highest BCUT2D eigenvalue weighted by Crippen LogP contribution is 2.35. The molecule has 0 spiro atoms. The summed E-state index contributed by atoms with van der Waals surface area (Å²) < 4.78 is 2.04. The number of aliphatic hydroxyl groups excluding tert-OH is 1. The van der Waals surface area contributed by atoms with Gasteiger partial charge < -0.3 is 10.4 Å². The summed E-state index contributed by atoms with van der Waals surface area (Å²) in [6, 6.07) is 4.09. The van der Waals surface area contributed by atoms with E-state index in [-0.39, 0.29) is 6.10 Å². The summed E-state index contributed by atoms with van der Waals surface area (Å²) in [6.45, 7) is 5.85. The second kappa shape index (κ2) is 6.44. The number of aryl methyl sites for hydroxylation is 3. The van der Waals surface area contributed by atoms with Crippen molar-refractivity contribution < 1.29 is 5.11 Å². The Morgan fingerprint density at radius 2 is 2.09 bits per heavy atom. The minimum Gasteiger partial charge on any atom is -0.393 e. The molecule has 6 nitrogen and oxygen atoms in total. The fourth-order valence-electron chi connectivity index (χ4n) is 2.87. The van der Waals surface area contributed by atoms with Crippen molar-refractivity contribution in [2.45, 2.75) is 51.7 Å². The van der Waals surface area contributed by atoms with Gasteiger partial charge in [0.25, 0.3) is 0 Å². The van der Waals surface area contributed by atoms with Gasteiger partial charge in [-0.15, -0.1) is 0 Å². The largest absolute Gasteiger partial charge is 0.393 e. The van der Waals surface area contributed by atoms with Crippen molar-refractivity contribution >= 4 is 5.82 Å². The maximum absolute atomic E-state index is 9.39. The second-order valence-corrected chi connectivity index (χ2v) is 6.08. The Morgan fingerprint density at radius 3 is 2.77 bits per heavy atom. The maximum Gasteiger partial charge on any atom is 0.129 e. The Labute approximate surface area is 130 Å². The Kier molecular flexibility index (Phi) is 4.38. The molecule has 118 valence electrons. The first-order chi connectivity index (χ1) is 10.6. The lowest BCUT2D eigenvalue weighted by Crippen LogP contribution is -2.27. The van der Waals surface area contributed by atoms with Crippen LogP contribution in [0.25, 0.3) is 0 Å². The highest BCUT2D eigenvalue weighted by molar-refractivity contribution is 5.36. The van der Waals surface area contributed by atoms with Crippen molar-refractivity contribution in [1.29, 1.82) is 0 Å². The Balaban J connectivity index is 1.47. The van der Waals surface area contributed by atoms with Gasteiger partial charge in [-0.1, -0.05) is 0 Å². The molecule has 1 saturated carbocycles. The third kappa shape index (κ3) is 3.44. The van der Waals surface area contributed by atoms with E-state index in [1.54, 1.807) is 6.33 Å². The summed E-state index contributed by atoms with van der Waals surface area (Å²) in [5.74, 6) is 1.24. The van der Waals surface area contributed by atoms with Gasteiger partial charge in [0.05, 0.1) is 11.8 Å². The van der Waals surface area contributed by atoms with Crippen LogP contribution in [0.5, 0.6) is 0 Å². The summed E-state index contributed by atoms with van der Waals surface area (Å²) in [6.07, 6.45) is 4.06. The normalized spacial score (nSPS) is 20.7. The quantitative estimate of drug-likeness (QED) is 0.798. The molecule has 0 atom stereocenters. The topological polar surface area (TPSA) is 75.9 Å². The zero-order valence-electron chi connectivity index (χ0n) is 13.2. The van der Waals surface area contributed by atoms with Crippen molar-refractivity contribution in [3.05, 3.63) is 35.5 Å². The van der Waals surface area contributed by atoms with E-state index in [0.29, 0.717) is 5.92 Å². The third-order valence-electron chi connectivity index (χ3n) is 4.18. The second-order valence-electron chi connectivity index (χ2n) is 6.08. The first-order valence-electron chi connectivity index (χ1n) is 7.87. The molecule has 3 rings (SSSR count). The summed E-state index contributed by atoms with van der Waals surface area (Å²) >= 11 is 0. The number of rotatable bonds is 6. The number of nitrogens with zero attached hydrogens (tertiary/aromatic N) is 4. The van der Waals surface area contributed by atoms with Crippen LogP contribution in [0, 0.1) is 13.8 Å². The van der Waals surface area contributed by atoms with E-state index in [4.69, 9.17) is 0 Å². The van der Waals surface area contributed by atoms with E-state index < -0.39 is 0 Å². The molecule has 0 amide bonds. The molecule has 0 unspecified atom stereocenters. The molecule has 0 aliphatic heterocycles. The molecule has 1 fully saturated rings. The summed E-state index contributed by atoms with van der Waals surface area (Å²) in [5, 5.41) is 17.2. The lowest BCUT2D eigenvalue weighted by molar-refractivity contribution is 0.0732. The van der Waals surface area contributed by atoms with E-state index >= 15 is 0 Å². The Hall–Kier alpha value is -1.95. The van der Waals surface area contributed by atoms with Gasteiger partial charge in [0.2, 0.25) is 0 Å². The minimum absolute atomic E-state index is 0.155. The number of hydrogen-bond donors (Lipinski definition) is 2. The lowest BCUT2D eigenvalue weighted by atomic mass is 9.80. The van der Waals surface area contributed by atoms with E-state index in [0.717, 1.165) is 49.6 Å². The number of aromatic nitrogens is 4. The SMILES string of the molecule is Cc1cc(C)n(CCCNc2cc(C3CC(O)C3)ncn2)n1. The van der Waals surface area contributed by atoms with Crippen molar-refractivity contribution in [3.8, 4) is 0 Å². The molecular weight excluding hydrogens is 278 g/mol. The zero-order valence-corrected chi connectivity index (χ0v) is 13.2. The van der Waals surface area contributed by atoms with Gasteiger partial charge in [-0.25, -0.2) is 9.97 Å². The minimum atomic E-state index is -0.155. The lowest BCUT2D eigenvalue weighted by Gasteiger charge is -2.30. The molecule has 2 N–H and O–H groups in total. The van der Waals surface area contributed by atoms with E-state index in [1.165, 1.54) is 5.69 Å². The average molecular weight is 301 g/mol. The van der Waals surface area contributed by atoms with Gasteiger partial charge in [0.15, 0.2) is 0 Å². The number of nitrogens with one attached hydrogen (secondary N) is 1. The van der Waals surface area contributed by atoms with E-state index in [1.807, 2.05) is 17.7 Å². The molecule has 2 aromatic rings. The van der Waals surface area contributed by atoms with Crippen molar-refractivity contribution in [2.24, 2.45) is 0 Å². The van der Waals surface area contributed by atoms with Crippen molar-refractivity contribution in [1.82, 2.24) is 19.7 Å². The molecule has 0 bridgehead atoms. The van der Waals surface area contributed by atoms with E-state index in [2.05, 4.69) is 33.4 Å². The number of hydrogen-bond acceptors (Lipinski definition) is 5. The van der Waals surface area contributed by atoms with Crippen LogP contribution >= 0.6 is 0 Å². The fourth-order valence-corrected chi connectivity index (χ4v) is 2.87. The van der Waals surface area contributed by atoms with Gasteiger partial charge in [-0.2, -0.15) is 5.10 Å². The molecule has 2 heterocycles. The highest BCUT2D eigenvalue weighted by Gasteiger charge is 2.29. The predicted molar refractivity (Wildman–Crippen MR) is 84.8 cm³/mol. The van der Waals surface area contributed by atoms with Crippen LogP contribution in [0.3, 0.4) is 0 Å². The number of aliphatic hydroxyl groups is 1. The zero-order chi connectivity index (χ0) is 15.5. The first-order valence-corrected chi connectivity index (χ1v) is 7.87. The van der Waals surface area contributed by atoms with Gasteiger partial charge in [0, 0.05) is 36.5 Å². The van der Waals surface area contributed by atoms with Crippen LogP contribution in [0.15, 0.2) is 18.5 Å². The summed E-state index contributed by atoms with van der Waals surface area (Å²) in [5.41, 5.74) is 3.29. The van der Waals surface area contributed by atoms with Crippen molar-refractivity contribution in [2.75, 3.05) is 11.9 Å². The molecule has 1 aliphatic carbocycles. The molecule has 2 aromatic heterocycles. The molecule has 0 radical (unpaired) electrons. The van der Waals surface area contributed by atoms with Crippen LogP contribution in [0.1, 0.15) is 42.3 Å². The van der Waals surface area contributed by atoms with Gasteiger partial charge in [-0.05, 0) is 39.2 Å². The molecular formula is C16H23N5O. The third-order valence-corrected chi connectivity index (χ3v) is 4.18. The molecule has 1 aliphatic rings. The molecule has 0 saturated heterocycles. The monoisotopic (exact) mass is 301 g/mol. The van der Waals surface area contributed by atoms with E-state index in [9.17, 15) is 5.11 Å². The standard InChI is InChI=1S/C16H23N5O/c1-11-6-12(2)21(20-11)5-3-4-17-16-9-15(18-10-19-16)13-7-14(22)8-13/h6,9-10,13-14,22H,3-5,7-8H2,1-2H3,(H,17,18,19). The molecule has 22 heavy (non-hydrogen) atoms. The maximum atomic E-state index is 9.39. The first kappa shape index (κ1) is 15.0. The molecule has 0 aromatic carbocycles. The predicted octanol–water partition coefficient (Wildman–Crippen LogP) is 2.03. The van der Waals surface area contributed by atoms with Crippen molar-refractivity contribution in [3.63, 3.8) is 0 Å². The molecule has 6 heteroatoms. The summed E-state index contributed by atoms with van der Waals surface area (Å²) in [7, 11) is 0. The highest BCUT2D eigenvalue weighted by atomic mass is 16.3. The van der Waals surface area contributed by atoms with Gasteiger partial charge >= 0.3 is 0 Å². The fraction of sp³-hybridized carbons (Fsp3) is 0.562. The number of anilines is 1. The Bertz CT molecular complexity index is 633. The summed E-state index contributed by atoms with van der Waals surface area (Å²) in [4.78, 5) is 8.57. The Morgan fingerprint density at radius 1 is 1.27 bits per heavy atom. The average Bonchev–Trinajstić information content (AvgIpc) is 2.79. The van der Waals surface area contributed by atoms with Gasteiger partial charge in [-0.3, -0.25) is 4.68 Å². The smallest absolute Gasteiger partial charge is 0.129 e. The van der Waals surface area contributed by atoms with Crippen LogP contribution in [-0.4, -0.2) is 37.5 Å². The van der Waals surface area contributed by atoms with Crippen LogP contribution in [0.2, 0.25) is 0 Å².